The van der Waals surface area contributed by atoms with E-state index >= 15 is 0 Å². The number of rotatable bonds is 6. The SMILES string of the molecule is CC(=O)N[C@@H](CCC(=O)OP(=O)([O-])[O-])C(=O)[O-]. The first-order chi connectivity index (χ1) is 7.61. The van der Waals surface area contributed by atoms with Gasteiger partial charge >= 0.3 is 5.97 Å². The Kier molecular flexibility index (Phi) is 5.80. The largest absolute Gasteiger partial charge is 0.780 e. The Labute approximate surface area is 96.0 Å². The normalized spacial score (nSPS) is 12.6. The van der Waals surface area contributed by atoms with E-state index in [0.29, 0.717) is 0 Å². The summed E-state index contributed by atoms with van der Waals surface area (Å²) in [5.41, 5.74) is 0. The van der Waals surface area contributed by atoms with Crippen LogP contribution in [0.1, 0.15) is 19.8 Å². The van der Waals surface area contributed by atoms with Gasteiger partial charge in [0.2, 0.25) is 5.91 Å². The molecule has 1 amide bonds. The van der Waals surface area contributed by atoms with Crippen LogP contribution < -0.4 is 20.2 Å². The number of phosphoric ester groups is 1. The van der Waals surface area contributed by atoms with E-state index in [-0.39, 0.29) is 0 Å². The van der Waals surface area contributed by atoms with Gasteiger partial charge in [-0.1, -0.05) is 0 Å². The molecule has 0 aromatic carbocycles. The molecule has 0 aliphatic heterocycles. The van der Waals surface area contributed by atoms with Crippen LogP contribution in [0.15, 0.2) is 0 Å². The summed E-state index contributed by atoms with van der Waals surface area (Å²) in [5.74, 6) is -3.69. The van der Waals surface area contributed by atoms with Crippen LogP contribution in [-0.2, 0) is 23.5 Å². The fourth-order valence-corrected chi connectivity index (χ4v) is 1.27. The molecule has 0 radical (unpaired) electrons. The molecule has 0 heterocycles. The van der Waals surface area contributed by atoms with Crippen LogP contribution in [0.5, 0.6) is 0 Å². The second-order valence-corrected chi connectivity index (χ2v) is 4.10. The number of carboxylic acids is 1. The van der Waals surface area contributed by atoms with E-state index in [1.165, 1.54) is 0 Å². The number of aliphatic carboxylic acids is 1. The molecule has 10 heteroatoms. The second-order valence-electron chi connectivity index (χ2n) is 3.02. The van der Waals surface area contributed by atoms with Gasteiger partial charge in [-0.2, -0.15) is 0 Å². The lowest BCUT2D eigenvalue weighted by molar-refractivity contribution is -0.337. The van der Waals surface area contributed by atoms with Crippen LogP contribution in [0.4, 0.5) is 0 Å². The van der Waals surface area contributed by atoms with Crippen molar-refractivity contribution in [3.05, 3.63) is 0 Å². The predicted molar refractivity (Wildman–Crippen MR) is 45.5 cm³/mol. The third-order valence-electron chi connectivity index (χ3n) is 1.51. The summed E-state index contributed by atoms with van der Waals surface area (Å²) in [6, 6.07) is -1.46. The molecule has 0 fully saturated rings. The Balaban J connectivity index is 4.22. The number of carbonyl (C=O) groups is 3. The fraction of sp³-hybridized carbons (Fsp3) is 0.571. The number of carbonyl (C=O) groups excluding carboxylic acids is 3. The monoisotopic (exact) mass is 266 g/mol. The van der Waals surface area contributed by atoms with Crippen LogP contribution in [0.25, 0.3) is 0 Å². The summed E-state index contributed by atoms with van der Waals surface area (Å²) in [4.78, 5) is 51.9. The van der Waals surface area contributed by atoms with Gasteiger partial charge in [0.15, 0.2) is 0 Å². The highest BCUT2D eigenvalue weighted by Gasteiger charge is 2.14. The zero-order chi connectivity index (χ0) is 13.6. The van der Waals surface area contributed by atoms with Gasteiger partial charge in [0, 0.05) is 13.3 Å². The van der Waals surface area contributed by atoms with Crippen molar-refractivity contribution in [3.8, 4) is 0 Å². The minimum atomic E-state index is -5.43. The highest BCUT2D eigenvalue weighted by molar-refractivity contribution is 7.43. The summed E-state index contributed by atoms with van der Waals surface area (Å²) in [6.07, 6.45) is -1.10. The molecule has 1 N–H and O–H groups in total. The van der Waals surface area contributed by atoms with Gasteiger partial charge in [0.25, 0.3) is 0 Å². The Bertz CT molecular complexity index is 361. The zero-order valence-electron chi connectivity index (χ0n) is 8.70. The number of hydrogen-bond acceptors (Lipinski definition) is 8. The lowest BCUT2D eigenvalue weighted by Crippen LogP contribution is -2.47. The van der Waals surface area contributed by atoms with E-state index in [1.54, 1.807) is 0 Å². The van der Waals surface area contributed by atoms with Crippen LogP contribution >= 0.6 is 7.82 Å². The Morgan fingerprint density at radius 3 is 2.24 bits per heavy atom. The molecule has 0 aromatic heterocycles. The van der Waals surface area contributed by atoms with Crippen LogP contribution in [0.3, 0.4) is 0 Å². The summed E-state index contributed by atoms with van der Waals surface area (Å²) < 4.78 is 13.5. The highest BCUT2D eigenvalue weighted by Crippen LogP contribution is 2.25. The summed E-state index contributed by atoms with van der Waals surface area (Å²) >= 11 is 0. The van der Waals surface area contributed by atoms with Crippen molar-refractivity contribution in [3.63, 3.8) is 0 Å². The summed E-state index contributed by atoms with van der Waals surface area (Å²) in [7, 11) is -5.43. The van der Waals surface area contributed by atoms with E-state index in [0.717, 1.165) is 6.92 Å². The highest BCUT2D eigenvalue weighted by atomic mass is 31.2. The number of carboxylic acid groups (broad SMARTS) is 1. The second kappa shape index (κ2) is 6.33. The maximum Gasteiger partial charge on any atom is 0.309 e. The summed E-state index contributed by atoms with van der Waals surface area (Å²) in [5, 5.41) is 12.4. The minimum absolute atomic E-state index is 0.444. The number of nitrogens with one attached hydrogen (secondary N) is 1. The summed E-state index contributed by atoms with van der Waals surface area (Å²) in [6.45, 7) is 1.05. The van der Waals surface area contributed by atoms with Crippen molar-refractivity contribution in [2.45, 2.75) is 25.8 Å². The van der Waals surface area contributed by atoms with E-state index < -0.39 is 44.6 Å². The average Bonchev–Trinajstić information content (AvgIpc) is 2.08. The number of amides is 1. The van der Waals surface area contributed by atoms with Crippen molar-refractivity contribution in [2.75, 3.05) is 0 Å². The van der Waals surface area contributed by atoms with E-state index in [2.05, 4.69) is 4.52 Å². The minimum Gasteiger partial charge on any atom is -0.780 e. The molecule has 0 rings (SSSR count). The lowest BCUT2D eigenvalue weighted by atomic mass is 10.1. The quantitative estimate of drug-likeness (QED) is 0.482. The molecule has 0 aromatic rings. The van der Waals surface area contributed by atoms with Crippen LogP contribution in [0, 0.1) is 0 Å². The van der Waals surface area contributed by atoms with E-state index in [1.807, 2.05) is 5.32 Å². The van der Waals surface area contributed by atoms with Gasteiger partial charge in [-0.3, -0.25) is 9.59 Å². The van der Waals surface area contributed by atoms with E-state index in [4.69, 9.17) is 0 Å². The molecule has 1 atom stereocenters. The molecule has 0 spiro atoms. The number of phosphoric acid groups is 1. The van der Waals surface area contributed by atoms with Gasteiger partial charge < -0.3 is 34.1 Å². The molecule has 98 valence electrons. The fourth-order valence-electron chi connectivity index (χ4n) is 0.927. The first kappa shape index (κ1) is 15.6. The average molecular weight is 266 g/mol. The smallest absolute Gasteiger partial charge is 0.309 e. The van der Waals surface area contributed by atoms with Gasteiger partial charge in [-0.05, 0) is 6.42 Å². The van der Waals surface area contributed by atoms with Gasteiger partial charge in [-0.15, -0.1) is 0 Å². The lowest BCUT2D eigenvalue weighted by Gasteiger charge is -2.28. The first-order valence-electron chi connectivity index (χ1n) is 4.34. The standard InChI is InChI=1S/C7H12NO8P/c1-4(9)8-5(7(11)12)2-3-6(10)16-17(13,14)15/h5H,2-3H2,1H3,(H,8,9)(H,11,12)(H2,13,14,15)/p-3/t5-/m0/s1. The molecule has 0 aliphatic rings. The topological polar surface area (TPSA) is 159 Å². The Morgan fingerprint density at radius 2 is 1.88 bits per heavy atom. The molecule has 0 unspecified atom stereocenters. The Morgan fingerprint density at radius 1 is 1.35 bits per heavy atom. The molecule has 9 nitrogen and oxygen atoms in total. The Hall–Kier alpha value is -1.44. The van der Waals surface area contributed by atoms with Gasteiger partial charge in [0.05, 0.1) is 12.0 Å². The van der Waals surface area contributed by atoms with Crippen molar-refractivity contribution in [1.29, 1.82) is 0 Å². The van der Waals surface area contributed by atoms with Crippen molar-refractivity contribution < 1.29 is 38.4 Å². The molecular formula is C7H9NO8P-3. The molecule has 17 heavy (non-hydrogen) atoms. The van der Waals surface area contributed by atoms with Gasteiger partial charge in [-0.25, -0.2) is 0 Å². The predicted octanol–water partition coefficient (Wildman–Crippen LogP) is -3.61. The molecule has 0 bridgehead atoms. The van der Waals surface area contributed by atoms with E-state index in [9.17, 15) is 33.8 Å². The maximum atomic E-state index is 10.8. The van der Waals surface area contributed by atoms with Crippen LogP contribution in [0.2, 0.25) is 0 Å². The van der Waals surface area contributed by atoms with Crippen molar-refractivity contribution in [1.82, 2.24) is 5.32 Å². The molecule has 0 saturated carbocycles. The maximum absolute atomic E-state index is 10.8. The molecule has 0 saturated heterocycles. The van der Waals surface area contributed by atoms with Gasteiger partial charge in [0.1, 0.15) is 7.82 Å². The number of hydrogen-bond donors (Lipinski definition) is 1. The zero-order valence-corrected chi connectivity index (χ0v) is 9.60. The third-order valence-corrected chi connectivity index (χ3v) is 1.94. The third kappa shape index (κ3) is 8.38. The van der Waals surface area contributed by atoms with Crippen LogP contribution in [-0.4, -0.2) is 23.9 Å². The first-order valence-corrected chi connectivity index (χ1v) is 5.80. The van der Waals surface area contributed by atoms with Crippen molar-refractivity contribution in [2.24, 2.45) is 0 Å². The molecular weight excluding hydrogens is 257 g/mol. The van der Waals surface area contributed by atoms with Crippen molar-refractivity contribution >= 4 is 25.7 Å². The molecule has 0 aliphatic carbocycles.